The van der Waals surface area contributed by atoms with Crippen LogP contribution in [0.2, 0.25) is 0 Å². The van der Waals surface area contributed by atoms with Gasteiger partial charge in [-0.25, -0.2) is 0 Å². The van der Waals surface area contributed by atoms with Crippen LogP contribution in [0.5, 0.6) is 5.75 Å². The highest BCUT2D eigenvalue weighted by Crippen LogP contribution is 2.17. The van der Waals surface area contributed by atoms with Gasteiger partial charge >= 0.3 is 0 Å². The van der Waals surface area contributed by atoms with Crippen molar-refractivity contribution in [3.8, 4) is 5.75 Å². The topological polar surface area (TPSA) is 38.3 Å². The summed E-state index contributed by atoms with van der Waals surface area (Å²) in [5.74, 6) is 0.709. The van der Waals surface area contributed by atoms with Crippen molar-refractivity contribution in [3.05, 3.63) is 71.3 Å². The highest BCUT2D eigenvalue weighted by atomic mass is 16.5. The number of carbonyl (C=O) groups is 1. The van der Waals surface area contributed by atoms with Crippen molar-refractivity contribution in [1.29, 1.82) is 0 Å². The molecule has 0 aliphatic rings. The fourth-order valence-corrected chi connectivity index (χ4v) is 2.16. The lowest BCUT2D eigenvalue weighted by Crippen LogP contribution is -2.22. The molecule has 1 N–H and O–H groups in total. The summed E-state index contributed by atoms with van der Waals surface area (Å²) >= 11 is 0. The van der Waals surface area contributed by atoms with E-state index in [0.29, 0.717) is 12.1 Å². The smallest absolute Gasteiger partial charge is 0.251 e. The second-order valence-electron chi connectivity index (χ2n) is 6.86. The highest BCUT2D eigenvalue weighted by Gasteiger charge is 2.06. The molecule has 24 heavy (non-hydrogen) atoms. The molecule has 0 atom stereocenters. The number of carbonyl (C=O) groups excluding carboxylic acids is 1. The monoisotopic (exact) mass is 323 g/mol. The lowest BCUT2D eigenvalue weighted by molar-refractivity contribution is 0.0951. The van der Waals surface area contributed by atoms with Gasteiger partial charge in [-0.05, 0) is 40.8 Å². The molecule has 0 radical (unpaired) electrons. The lowest BCUT2D eigenvalue weighted by Gasteiger charge is -2.11. The molecular weight excluding hydrogens is 298 g/mol. The molecule has 0 bridgehead atoms. The molecule has 0 saturated heterocycles. The zero-order chi connectivity index (χ0) is 17.6. The second-order valence-corrected chi connectivity index (χ2v) is 6.86. The van der Waals surface area contributed by atoms with Crippen LogP contribution in [0, 0.1) is 5.41 Å². The highest BCUT2D eigenvalue weighted by molar-refractivity contribution is 5.94. The summed E-state index contributed by atoms with van der Waals surface area (Å²) in [6.45, 7) is 6.94. The van der Waals surface area contributed by atoms with Crippen LogP contribution in [0.15, 0.2) is 54.6 Å². The molecule has 1 amide bonds. The normalized spacial score (nSPS) is 11.5. The van der Waals surface area contributed by atoms with E-state index < -0.39 is 0 Å². The molecule has 126 valence electrons. The predicted molar refractivity (Wildman–Crippen MR) is 99.1 cm³/mol. The Labute approximate surface area is 144 Å². The SMILES string of the molecule is COc1cccc(CNC(=O)c2ccc(C=CC(C)(C)C)cc2)c1. The van der Waals surface area contributed by atoms with Crippen molar-refractivity contribution >= 4 is 12.0 Å². The van der Waals surface area contributed by atoms with Crippen LogP contribution < -0.4 is 10.1 Å². The molecule has 0 spiro atoms. The molecule has 0 saturated carbocycles. The van der Waals surface area contributed by atoms with Crippen LogP contribution >= 0.6 is 0 Å². The number of benzene rings is 2. The standard InChI is InChI=1S/C21H25NO2/c1-21(2,3)13-12-16-8-10-18(11-9-16)20(23)22-15-17-6-5-7-19(14-17)24-4/h5-14H,15H2,1-4H3,(H,22,23). The van der Waals surface area contributed by atoms with Gasteiger partial charge in [-0.1, -0.05) is 57.2 Å². The third-order valence-corrected chi connectivity index (χ3v) is 3.54. The summed E-state index contributed by atoms with van der Waals surface area (Å²) < 4.78 is 5.19. The van der Waals surface area contributed by atoms with Crippen LogP contribution in [-0.2, 0) is 6.54 Å². The van der Waals surface area contributed by atoms with Gasteiger partial charge in [0, 0.05) is 12.1 Å². The van der Waals surface area contributed by atoms with E-state index in [2.05, 4.69) is 38.2 Å². The average molecular weight is 323 g/mol. The van der Waals surface area contributed by atoms with Gasteiger partial charge in [0.1, 0.15) is 5.75 Å². The number of allylic oxidation sites excluding steroid dienone is 1. The number of methoxy groups -OCH3 is 1. The van der Waals surface area contributed by atoms with E-state index >= 15 is 0 Å². The maximum Gasteiger partial charge on any atom is 0.251 e. The van der Waals surface area contributed by atoms with Gasteiger partial charge < -0.3 is 10.1 Å². The first-order valence-electron chi connectivity index (χ1n) is 8.08. The van der Waals surface area contributed by atoms with Gasteiger partial charge in [-0.2, -0.15) is 0 Å². The van der Waals surface area contributed by atoms with Crippen LogP contribution in [0.25, 0.3) is 6.08 Å². The fourth-order valence-electron chi connectivity index (χ4n) is 2.16. The van der Waals surface area contributed by atoms with Gasteiger partial charge in [-0.15, -0.1) is 0 Å². The number of hydrogen-bond acceptors (Lipinski definition) is 2. The molecule has 3 nitrogen and oxygen atoms in total. The van der Waals surface area contributed by atoms with Crippen LogP contribution in [-0.4, -0.2) is 13.0 Å². The number of amides is 1. The van der Waals surface area contributed by atoms with E-state index in [-0.39, 0.29) is 11.3 Å². The van der Waals surface area contributed by atoms with Gasteiger partial charge in [0.25, 0.3) is 5.91 Å². The Bertz CT molecular complexity index is 709. The molecule has 2 rings (SSSR count). The Morgan fingerprint density at radius 2 is 1.83 bits per heavy atom. The number of nitrogens with one attached hydrogen (secondary N) is 1. The first-order valence-corrected chi connectivity index (χ1v) is 8.08. The molecule has 0 aliphatic heterocycles. The third-order valence-electron chi connectivity index (χ3n) is 3.54. The van der Waals surface area contributed by atoms with E-state index in [0.717, 1.165) is 16.9 Å². The van der Waals surface area contributed by atoms with E-state index in [1.54, 1.807) is 7.11 Å². The van der Waals surface area contributed by atoms with E-state index in [9.17, 15) is 4.79 Å². The first kappa shape index (κ1) is 17.8. The Kier molecular flexibility index (Phi) is 5.80. The number of hydrogen-bond donors (Lipinski definition) is 1. The molecule has 2 aromatic rings. The number of rotatable bonds is 5. The minimum atomic E-state index is -0.0795. The van der Waals surface area contributed by atoms with Gasteiger partial charge in [0.05, 0.1) is 7.11 Å². The maximum atomic E-state index is 12.2. The van der Waals surface area contributed by atoms with Crippen LogP contribution in [0.3, 0.4) is 0 Å². The molecule has 3 heteroatoms. The van der Waals surface area contributed by atoms with Gasteiger partial charge in [-0.3, -0.25) is 4.79 Å². The lowest BCUT2D eigenvalue weighted by atomic mass is 9.95. The molecular formula is C21H25NO2. The molecule has 2 aromatic carbocycles. The Morgan fingerprint density at radius 3 is 2.46 bits per heavy atom. The quantitative estimate of drug-likeness (QED) is 0.867. The van der Waals surface area contributed by atoms with Crippen molar-refractivity contribution < 1.29 is 9.53 Å². The van der Waals surface area contributed by atoms with E-state index in [1.165, 1.54) is 0 Å². The van der Waals surface area contributed by atoms with E-state index in [1.807, 2.05) is 48.5 Å². The molecule has 0 aromatic heterocycles. The summed E-state index contributed by atoms with van der Waals surface area (Å²) in [5.41, 5.74) is 2.90. The van der Waals surface area contributed by atoms with E-state index in [4.69, 9.17) is 4.74 Å². The summed E-state index contributed by atoms with van der Waals surface area (Å²) in [4.78, 5) is 12.2. The minimum absolute atomic E-state index is 0.0795. The van der Waals surface area contributed by atoms with Crippen molar-refractivity contribution in [3.63, 3.8) is 0 Å². The maximum absolute atomic E-state index is 12.2. The summed E-state index contributed by atoms with van der Waals surface area (Å²) in [6.07, 6.45) is 4.24. The third kappa shape index (κ3) is 5.58. The van der Waals surface area contributed by atoms with Gasteiger partial charge in [0.2, 0.25) is 0 Å². The molecule has 0 unspecified atom stereocenters. The van der Waals surface area contributed by atoms with Crippen LogP contribution in [0.1, 0.15) is 42.3 Å². The zero-order valence-electron chi connectivity index (χ0n) is 14.8. The second kappa shape index (κ2) is 7.82. The molecule has 0 fully saturated rings. The summed E-state index contributed by atoms with van der Waals surface area (Å²) in [7, 11) is 1.63. The van der Waals surface area contributed by atoms with Crippen molar-refractivity contribution in [1.82, 2.24) is 5.32 Å². The largest absolute Gasteiger partial charge is 0.497 e. The van der Waals surface area contributed by atoms with Crippen molar-refractivity contribution in [2.75, 3.05) is 7.11 Å². The summed E-state index contributed by atoms with van der Waals surface area (Å²) in [6, 6.07) is 15.3. The zero-order valence-corrected chi connectivity index (χ0v) is 14.8. The molecule has 0 aliphatic carbocycles. The van der Waals surface area contributed by atoms with Crippen molar-refractivity contribution in [2.24, 2.45) is 5.41 Å². The fraction of sp³-hybridized carbons (Fsp3) is 0.286. The average Bonchev–Trinajstić information content (AvgIpc) is 2.58. The predicted octanol–water partition coefficient (Wildman–Crippen LogP) is 4.68. The first-order chi connectivity index (χ1) is 11.4. The Hall–Kier alpha value is -2.55. The minimum Gasteiger partial charge on any atom is -0.497 e. The molecule has 0 heterocycles. The Morgan fingerprint density at radius 1 is 1.12 bits per heavy atom. The van der Waals surface area contributed by atoms with Crippen molar-refractivity contribution in [2.45, 2.75) is 27.3 Å². The Balaban J connectivity index is 1.96. The summed E-state index contributed by atoms with van der Waals surface area (Å²) in [5, 5.41) is 2.93. The number of ether oxygens (including phenoxy) is 1. The van der Waals surface area contributed by atoms with Gasteiger partial charge in [0.15, 0.2) is 0 Å². The van der Waals surface area contributed by atoms with Crippen LogP contribution in [0.4, 0.5) is 0 Å².